The van der Waals surface area contributed by atoms with E-state index in [1.807, 2.05) is 19.4 Å². The third-order valence-corrected chi connectivity index (χ3v) is 3.81. The zero-order chi connectivity index (χ0) is 15.9. The number of carbonyl (C=O) groups is 1. The van der Waals surface area contributed by atoms with E-state index in [1.54, 1.807) is 4.68 Å². The number of hydrogen-bond donors (Lipinski definition) is 2. The van der Waals surface area contributed by atoms with E-state index in [1.165, 1.54) is 0 Å². The van der Waals surface area contributed by atoms with E-state index >= 15 is 0 Å². The number of nitrogens with one attached hydrogen (secondary N) is 1. The van der Waals surface area contributed by atoms with Crippen LogP contribution < -0.4 is 11.1 Å². The minimum absolute atomic E-state index is 0.218. The van der Waals surface area contributed by atoms with Crippen LogP contribution in [0.25, 0.3) is 0 Å². The fourth-order valence-corrected chi connectivity index (χ4v) is 2.85. The van der Waals surface area contributed by atoms with Gasteiger partial charge >= 0.3 is 0 Å². The molecule has 0 aliphatic carbocycles. The van der Waals surface area contributed by atoms with Crippen LogP contribution in [0.1, 0.15) is 31.7 Å². The van der Waals surface area contributed by atoms with Crippen molar-refractivity contribution in [2.45, 2.75) is 32.7 Å². The lowest BCUT2D eigenvalue weighted by atomic mass is 9.95. The summed E-state index contributed by atoms with van der Waals surface area (Å²) < 4.78 is 1.78. The highest BCUT2D eigenvalue weighted by molar-refractivity contribution is 5.80. The Morgan fingerprint density at radius 3 is 3.05 bits per heavy atom. The van der Waals surface area contributed by atoms with Crippen LogP contribution in [0.15, 0.2) is 17.4 Å². The smallest absolute Gasteiger partial charge is 0.217 e. The third-order valence-electron chi connectivity index (χ3n) is 3.81. The Bertz CT molecular complexity index is 524. The molecule has 2 heterocycles. The molecule has 1 aliphatic heterocycles. The number of rotatable bonds is 5. The molecule has 2 rings (SSSR count). The summed E-state index contributed by atoms with van der Waals surface area (Å²) in [4.78, 5) is 18.1. The predicted molar refractivity (Wildman–Crippen MR) is 86.1 cm³/mol. The van der Waals surface area contributed by atoms with Crippen LogP contribution in [0.3, 0.4) is 0 Å². The summed E-state index contributed by atoms with van der Waals surface area (Å²) in [5, 5.41) is 7.50. The molecule has 1 unspecified atom stereocenters. The van der Waals surface area contributed by atoms with Gasteiger partial charge in [-0.15, -0.1) is 0 Å². The molecule has 1 atom stereocenters. The number of guanidine groups is 1. The van der Waals surface area contributed by atoms with Crippen LogP contribution in [-0.2, 0) is 18.4 Å². The number of carbonyl (C=O) groups excluding carboxylic acids is 1. The summed E-state index contributed by atoms with van der Waals surface area (Å²) >= 11 is 0. The first kappa shape index (κ1) is 16.3. The van der Waals surface area contributed by atoms with Gasteiger partial charge in [0.05, 0.1) is 12.7 Å². The first-order chi connectivity index (χ1) is 10.6. The molecule has 1 saturated heterocycles. The van der Waals surface area contributed by atoms with Gasteiger partial charge in [0.25, 0.3) is 0 Å². The summed E-state index contributed by atoms with van der Waals surface area (Å²) in [6, 6.07) is 0. The van der Waals surface area contributed by atoms with Gasteiger partial charge in [0.1, 0.15) is 0 Å². The lowest BCUT2D eigenvalue weighted by Crippen LogP contribution is -2.47. The minimum Gasteiger partial charge on any atom is -0.370 e. The highest BCUT2D eigenvalue weighted by Crippen LogP contribution is 2.19. The standard InChI is InChI=1S/C15H26N6O/c1-3-17-15(18-8-13-9-19-20(2)10-13)21-6-4-5-12(11-21)7-14(16)22/h9-10,12H,3-8,11H2,1-2H3,(H2,16,22)(H,17,18). The second-order valence-corrected chi connectivity index (χ2v) is 5.82. The molecule has 0 radical (unpaired) electrons. The Labute approximate surface area is 131 Å². The molecule has 0 spiro atoms. The molecule has 0 bridgehead atoms. The van der Waals surface area contributed by atoms with Crippen molar-refractivity contribution < 1.29 is 4.79 Å². The maximum Gasteiger partial charge on any atom is 0.217 e. The number of piperidine rings is 1. The molecule has 1 aliphatic rings. The summed E-state index contributed by atoms with van der Waals surface area (Å²) in [5.41, 5.74) is 6.41. The molecular formula is C15H26N6O. The number of amides is 1. The lowest BCUT2D eigenvalue weighted by molar-refractivity contribution is -0.119. The van der Waals surface area contributed by atoms with Gasteiger partial charge in [-0.2, -0.15) is 5.10 Å². The highest BCUT2D eigenvalue weighted by atomic mass is 16.1. The number of likely N-dealkylation sites (tertiary alicyclic amines) is 1. The van der Waals surface area contributed by atoms with Crippen molar-refractivity contribution >= 4 is 11.9 Å². The largest absolute Gasteiger partial charge is 0.370 e. The normalized spacial score (nSPS) is 19.3. The molecule has 1 amide bonds. The van der Waals surface area contributed by atoms with Gasteiger partial charge < -0.3 is 16.0 Å². The van der Waals surface area contributed by atoms with Crippen LogP contribution in [0.2, 0.25) is 0 Å². The van der Waals surface area contributed by atoms with Gasteiger partial charge in [0.15, 0.2) is 5.96 Å². The van der Waals surface area contributed by atoms with Crippen molar-refractivity contribution in [1.82, 2.24) is 20.0 Å². The van der Waals surface area contributed by atoms with E-state index in [0.717, 1.165) is 44.0 Å². The molecule has 1 aromatic rings. The van der Waals surface area contributed by atoms with Gasteiger partial charge in [0, 0.05) is 44.9 Å². The Hall–Kier alpha value is -2.05. The second-order valence-electron chi connectivity index (χ2n) is 5.82. The van der Waals surface area contributed by atoms with Crippen LogP contribution in [0.5, 0.6) is 0 Å². The molecule has 122 valence electrons. The highest BCUT2D eigenvalue weighted by Gasteiger charge is 2.23. The van der Waals surface area contributed by atoms with Crippen molar-refractivity contribution in [3.05, 3.63) is 18.0 Å². The molecule has 7 heteroatoms. The quantitative estimate of drug-likeness (QED) is 0.611. The van der Waals surface area contributed by atoms with E-state index in [2.05, 4.69) is 22.2 Å². The topological polar surface area (TPSA) is 88.5 Å². The van der Waals surface area contributed by atoms with Crippen molar-refractivity contribution in [2.75, 3.05) is 19.6 Å². The molecule has 3 N–H and O–H groups in total. The lowest BCUT2D eigenvalue weighted by Gasteiger charge is -2.34. The van der Waals surface area contributed by atoms with Crippen LogP contribution >= 0.6 is 0 Å². The molecule has 0 aromatic carbocycles. The van der Waals surface area contributed by atoms with Gasteiger partial charge in [0.2, 0.25) is 5.91 Å². The van der Waals surface area contributed by atoms with E-state index in [4.69, 9.17) is 10.7 Å². The molecule has 0 saturated carbocycles. The molecular weight excluding hydrogens is 280 g/mol. The van der Waals surface area contributed by atoms with Crippen molar-refractivity contribution in [2.24, 2.45) is 23.7 Å². The third kappa shape index (κ3) is 4.75. The Balaban J connectivity index is 2.01. The molecule has 1 fully saturated rings. The SMILES string of the molecule is CCNC(=NCc1cnn(C)c1)N1CCCC(CC(N)=O)C1. The molecule has 22 heavy (non-hydrogen) atoms. The fraction of sp³-hybridized carbons (Fsp3) is 0.667. The van der Waals surface area contributed by atoms with Crippen LogP contribution in [-0.4, -0.2) is 46.2 Å². The molecule has 1 aromatic heterocycles. The zero-order valence-corrected chi connectivity index (χ0v) is 13.5. The fourth-order valence-electron chi connectivity index (χ4n) is 2.85. The van der Waals surface area contributed by atoms with E-state index < -0.39 is 0 Å². The molecule has 7 nitrogen and oxygen atoms in total. The van der Waals surface area contributed by atoms with E-state index in [0.29, 0.717) is 18.9 Å². The maximum absolute atomic E-state index is 11.1. The van der Waals surface area contributed by atoms with Crippen molar-refractivity contribution in [3.63, 3.8) is 0 Å². The average Bonchev–Trinajstić information content (AvgIpc) is 2.88. The number of aryl methyl sites for hydroxylation is 1. The Morgan fingerprint density at radius 1 is 1.59 bits per heavy atom. The first-order valence-electron chi connectivity index (χ1n) is 7.87. The van der Waals surface area contributed by atoms with Gasteiger partial charge in [-0.05, 0) is 25.7 Å². The number of aromatic nitrogens is 2. The number of hydrogen-bond acceptors (Lipinski definition) is 3. The van der Waals surface area contributed by atoms with Crippen molar-refractivity contribution in [1.29, 1.82) is 0 Å². The van der Waals surface area contributed by atoms with Crippen LogP contribution in [0.4, 0.5) is 0 Å². The van der Waals surface area contributed by atoms with E-state index in [9.17, 15) is 4.79 Å². The van der Waals surface area contributed by atoms with Crippen LogP contribution in [0, 0.1) is 5.92 Å². The number of primary amides is 1. The van der Waals surface area contributed by atoms with Crippen molar-refractivity contribution in [3.8, 4) is 0 Å². The maximum atomic E-state index is 11.1. The number of nitrogens with two attached hydrogens (primary N) is 1. The number of aliphatic imine (C=N–C) groups is 1. The Morgan fingerprint density at radius 2 is 2.41 bits per heavy atom. The van der Waals surface area contributed by atoms with Gasteiger partial charge in [-0.25, -0.2) is 4.99 Å². The van der Waals surface area contributed by atoms with E-state index in [-0.39, 0.29) is 5.91 Å². The summed E-state index contributed by atoms with van der Waals surface area (Å²) in [5.74, 6) is 1.01. The summed E-state index contributed by atoms with van der Waals surface area (Å²) in [7, 11) is 1.90. The summed E-state index contributed by atoms with van der Waals surface area (Å²) in [6.07, 6.45) is 6.38. The average molecular weight is 306 g/mol. The monoisotopic (exact) mass is 306 g/mol. The zero-order valence-electron chi connectivity index (χ0n) is 13.5. The van der Waals surface area contributed by atoms with Gasteiger partial charge in [-0.1, -0.05) is 0 Å². The Kier molecular flexibility index (Phi) is 5.80. The van der Waals surface area contributed by atoms with Gasteiger partial charge in [-0.3, -0.25) is 9.48 Å². The second kappa shape index (κ2) is 7.82. The number of nitrogens with zero attached hydrogens (tertiary/aromatic N) is 4. The first-order valence-corrected chi connectivity index (χ1v) is 7.87. The summed E-state index contributed by atoms with van der Waals surface area (Å²) in [6.45, 7) is 5.29. The minimum atomic E-state index is -0.218. The predicted octanol–water partition coefficient (Wildman–Crippen LogP) is 0.473.